The minimum Gasteiger partial charge on any atom is -0.507 e. The number of ether oxygens (including phenoxy) is 1. The van der Waals surface area contributed by atoms with Crippen molar-refractivity contribution in [3.05, 3.63) is 29.3 Å². The maximum atomic E-state index is 11.5. The van der Waals surface area contributed by atoms with Crippen molar-refractivity contribution in [1.82, 2.24) is 0 Å². The highest BCUT2D eigenvalue weighted by Gasteiger charge is 2.25. The predicted molar refractivity (Wildman–Crippen MR) is 68.8 cm³/mol. The van der Waals surface area contributed by atoms with E-state index in [2.05, 4.69) is 16.2 Å². The van der Waals surface area contributed by atoms with Gasteiger partial charge in [0.25, 0.3) is 0 Å². The summed E-state index contributed by atoms with van der Waals surface area (Å²) in [5.41, 5.74) is -0.108. The molecule has 0 heterocycles. The lowest BCUT2D eigenvalue weighted by atomic mass is 9.98. The SMILES string of the molecule is C=C(C)C(Cc1c(O)cc(O)c(C(=O)OC)c1O)OO. The third-order valence-corrected chi connectivity index (χ3v) is 2.82. The largest absolute Gasteiger partial charge is 0.507 e. The molecule has 4 N–H and O–H groups in total. The van der Waals surface area contributed by atoms with Crippen molar-refractivity contribution in [1.29, 1.82) is 0 Å². The van der Waals surface area contributed by atoms with Gasteiger partial charge in [-0.2, -0.15) is 0 Å². The minimum absolute atomic E-state index is 0.0785. The number of carbonyl (C=O) groups excluding carboxylic acids is 1. The van der Waals surface area contributed by atoms with Gasteiger partial charge in [0.05, 0.1) is 7.11 Å². The van der Waals surface area contributed by atoms with Crippen LogP contribution in [0.4, 0.5) is 0 Å². The molecule has 1 aromatic carbocycles. The van der Waals surface area contributed by atoms with Gasteiger partial charge in [-0.3, -0.25) is 5.26 Å². The first-order valence-electron chi connectivity index (χ1n) is 5.64. The van der Waals surface area contributed by atoms with Crippen LogP contribution in [0, 0.1) is 0 Å². The topological polar surface area (TPSA) is 116 Å². The number of carbonyl (C=O) groups is 1. The van der Waals surface area contributed by atoms with Gasteiger partial charge in [0.1, 0.15) is 28.9 Å². The number of hydrogen-bond acceptors (Lipinski definition) is 7. The second-order valence-electron chi connectivity index (χ2n) is 4.25. The van der Waals surface area contributed by atoms with E-state index < -0.39 is 34.9 Å². The minimum atomic E-state index is -0.960. The molecular formula is C13H16O7. The van der Waals surface area contributed by atoms with Crippen LogP contribution in [0.2, 0.25) is 0 Å². The van der Waals surface area contributed by atoms with Crippen molar-refractivity contribution < 1.29 is 35.0 Å². The first-order chi connectivity index (χ1) is 9.33. The van der Waals surface area contributed by atoms with Gasteiger partial charge in [0.15, 0.2) is 0 Å². The van der Waals surface area contributed by atoms with Gasteiger partial charge in [-0.05, 0) is 12.5 Å². The highest BCUT2D eigenvalue weighted by Crippen LogP contribution is 2.39. The molecule has 0 saturated carbocycles. The van der Waals surface area contributed by atoms with Crippen LogP contribution in [-0.4, -0.2) is 39.8 Å². The molecule has 1 aromatic rings. The van der Waals surface area contributed by atoms with E-state index in [1.54, 1.807) is 6.92 Å². The zero-order valence-electron chi connectivity index (χ0n) is 11.1. The average molecular weight is 284 g/mol. The van der Waals surface area contributed by atoms with Gasteiger partial charge in [-0.15, -0.1) is 0 Å². The van der Waals surface area contributed by atoms with Crippen LogP contribution in [0.15, 0.2) is 18.2 Å². The van der Waals surface area contributed by atoms with Crippen LogP contribution in [0.3, 0.4) is 0 Å². The van der Waals surface area contributed by atoms with Crippen LogP contribution in [0.1, 0.15) is 22.8 Å². The second-order valence-corrected chi connectivity index (χ2v) is 4.25. The number of phenols is 3. The Bertz CT molecular complexity index is 536. The molecule has 1 unspecified atom stereocenters. The Morgan fingerprint density at radius 2 is 1.95 bits per heavy atom. The summed E-state index contributed by atoms with van der Waals surface area (Å²) in [5.74, 6) is -2.67. The number of benzene rings is 1. The van der Waals surface area contributed by atoms with E-state index in [1.807, 2.05) is 0 Å². The van der Waals surface area contributed by atoms with Crippen LogP contribution in [0.25, 0.3) is 0 Å². The normalized spacial score (nSPS) is 11.9. The molecule has 0 aliphatic heterocycles. The summed E-state index contributed by atoms with van der Waals surface area (Å²) in [6.45, 7) is 5.16. The molecule has 7 nitrogen and oxygen atoms in total. The fourth-order valence-corrected chi connectivity index (χ4v) is 1.67. The highest BCUT2D eigenvalue weighted by molar-refractivity contribution is 5.96. The summed E-state index contributed by atoms with van der Waals surface area (Å²) in [7, 11) is 1.08. The summed E-state index contributed by atoms with van der Waals surface area (Å²) in [6.07, 6.45) is -1.03. The Morgan fingerprint density at radius 1 is 1.35 bits per heavy atom. The van der Waals surface area contributed by atoms with E-state index >= 15 is 0 Å². The van der Waals surface area contributed by atoms with Gasteiger partial charge in [-0.25, -0.2) is 9.68 Å². The van der Waals surface area contributed by atoms with Crippen LogP contribution < -0.4 is 0 Å². The highest BCUT2D eigenvalue weighted by atomic mass is 17.1. The molecular weight excluding hydrogens is 268 g/mol. The van der Waals surface area contributed by atoms with E-state index in [1.165, 1.54) is 0 Å². The molecule has 0 radical (unpaired) electrons. The third kappa shape index (κ3) is 3.01. The molecule has 0 aliphatic rings. The molecule has 0 fully saturated rings. The molecule has 20 heavy (non-hydrogen) atoms. The zero-order chi connectivity index (χ0) is 15.4. The zero-order valence-corrected chi connectivity index (χ0v) is 11.1. The predicted octanol–water partition coefficient (Wildman–Crippen LogP) is 1.57. The van der Waals surface area contributed by atoms with Gasteiger partial charge < -0.3 is 20.1 Å². The maximum Gasteiger partial charge on any atom is 0.345 e. The monoisotopic (exact) mass is 284 g/mol. The Labute approximate surface area is 115 Å². The Morgan fingerprint density at radius 3 is 2.40 bits per heavy atom. The first kappa shape index (κ1) is 15.8. The second kappa shape index (κ2) is 6.27. The summed E-state index contributed by atoms with van der Waals surface area (Å²) in [4.78, 5) is 15.7. The number of rotatable bonds is 5. The maximum absolute atomic E-state index is 11.5. The lowest BCUT2D eigenvalue weighted by Gasteiger charge is -2.17. The van der Waals surface area contributed by atoms with Gasteiger partial charge >= 0.3 is 5.97 Å². The number of phenolic OH excluding ortho intramolecular Hbond substituents is 3. The van der Waals surface area contributed by atoms with Gasteiger partial charge in [-0.1, -0.05) is 6.58 Å². The Hall–Kier alpha value is -2.25. The van der Waals surface area contributed by atoms with Crippen molar-refractivity contribution in [2.45, 2.75) is 19.4 Å². The lowest BCUT2D eigenvalue weighted by Crippen LogP contribution is -2.16. The van der Waals surface area contributed by atoms with Crippen molar-refractivity contribution in [2.75, 3.05) is 7.11 Å². The van der Waals surface area contributed by atoms with Crippen molar-refractivity contribution in [2.24, 2.45) is 0 Å². The molecule has 0 bridgehead atoms. The van der Waals surface area contributed by atoms with E-state index in [9.17, 15) is 20.1 Å². The van der Waals surface area contributed by atoms with Gasteiger partial charge in [0, 0.05) is 18.1 Å². The summed E-state index contributed by atoms with van der Waals surface area (Å²) in [6, 6.07) is 0.897. The van der Waals surface area contributed by atoms with Gasteiger partial charge in [0.2, 0.25) is 0 Å². The summed E-state index contributed by atoms with van der Waals surface area (Å²) >= 11 is 0. The molecule has 0 aromatic heterocycles. The number of hydrogen-bond donors (Lipinski definition) is 4. The van der Waals surface area contributed by atoms with Crippen LogP contribution in [0.5, 0.6) is 17.2 Å². The number of aromatic hydroxyl groups is 3. The molecule has 0 aliphatic carbocycles. The van der Waals surface area contributed by atoms with Crippen LogP contribution in [-0.2, 0) is 16.0 Å². The first-order valence-corrected chi connectivity index (χ1v) is 5.64. The third-order valence-electron chi connectivity index (χ3n) is 2.82. The summed E-state index contributed by atoms with van der Waals surface area (Å²) in [5, 5.41) is 38.1. The molecule has 1 rings (SSSR count). The molecule has 7 heteroatoms. The molecule has 110 valence electrons. The standard InChI is InChI=1S/C13H16O7/c1-6(2)10(20-18)4-7-8(14)5-9(15)11(12(7)16)13(17)19-3/h5,10,14-16,18H,1,4H2,2-3H3. The van der Waals surface area contributed by atoms with E-state index in [0.717, 1.165) is 13.2 Å². The quantitative estimate of drug-likeness (QED) is 0.280. The number of methoxy groups -OCH3 is 1. The Balaban J connectivity index is 3.33. The fourth-order valence-electron chi connectivity index (χ4n) is 1.67. The summed E-state index contributed by atoms with van der Waals surface area (Å²) < 4.78 is 4.43. The molecule has 0 amide bonds. The lowest BCUT2D eigenvalue weighted by molar-refractivity contribution is -0.268. The average Bonchev–Trinajstić information content (AvgIpc) is 2.37. The van der Waals surface area contributed by atoms with Crippen molar-refractivity contribution in [3.8, 4) is 17.2 Å². The molecule has 0 spiro atoms. The molecule has 1 atom stereocenters. The van der Waals surface area contributed by atoms with Crippen molar-refractivity contribution >= 4 is 5.97 Å². The molecule has 0 saturated heterocycles. The van der Waals surface area contributed by atoms with E-state index in [0.29, 0.717) is 5.57 Å². The van der Waals surface area contributed by atoms with Crippen LogP contribution >= 0.6 is 0 Å². The van der Waals surface area contributed by atoms with Crippen molar-refractivity contribution in [3.63, 3.8) is 0 Å². The van der Waals surface area contributed by atoms with E-state index in [-0.39, 0.29) is 12.0 Å². The Kier molecular flexibility index (Phi) is 4.95. The fraction of sp³-hybridized carbons (Fsp3) is 0.308. The van der Waals surface area contributed by atoms with E-state index in [4.69, 9.17) is 5.26 Å². The number of esters is 1. The smallest absolute Gasteiger partial charge is 0.345 e.